The molecule has 102 valence electrons. The van der Waals surface area contributed by atoms with Gasteiger partial charge >= 0.3 is 0 Å². The van der Waals surface area contributed by atoms with E-state index in [4.69, 9.17) is 0 Å². The third-order valence-electron chi connectivity index (χ3n) is 2.68. The molecule has 0 amide bonds. The summed E-state index contributed by atoms with van der Waals surface area (Å²) in [4.78, 5) is 0. The van der Waals surface area contributed by atoms with Gasteiger partial charge in [-0.1, -0.05) is 60.8 Å². The van der Waals surface area contributed by atoms with Crippen LogP contribution < -0.4 is 0 Å². The van der Waals surface area contributed by atoms with E-state index in [1.807, 2.05) is 26.2 Å². The average Bonchev–Trinajstić information content (AvgIpc) is 2.89. The van der Waals surface area contributed by atoms with Gasteiger partial charge in [0.2, 0.25) is 0 Å². The molecule has 1 N–H and O–H groups in total. The molecule has 2 heteroatoms. The van der Waals surface area contributed by atoms with Crippen molar-refractivity contribution in [3.63, 3.8) is 0 Å². The van der Waals surface area contributed by atoms with Gasteiger partial charge in [-0.15, -0.1) is 0 Å². The zero-order valence-corrected chi connectivity index (χ0v) is 12.7. The van der Waals surface area contributed by atoms with Crippen molar-refractivity contribution in [1.29, 1.82) is 0 Å². The van der Waals surface area contributed by atoms with E-state index < -0.39 is 0 Å². The molecule has 0 bridgehead atoms. The zero-order chi connectivity index (χ0) is 13.5. The molecule has 1 heterocycles. The number of aromatic amines is 1. The SMILES string of the molecule is CC.CCC(CC)c1cn[nH]c1.CCCCC. The molecule has 0 fully saturated rings. The molecule has 1 aromatic rings. The van der Waals surface area contributed by atoms with Crippen molar-refractivity contribution in [2.45, 2.75) is 79.6 Å². The van der Waals surface area contributed by atoms with Crippen molar-refractivity contribution < 1.29 is 0 Å². The van der Waals surface area contributed by atoms with Crippen molar-refractivity contribution in [2.24, 2.45) is 0 Å². The van der Waals surface area contributed by atoms with Crippen LogP contribution in [0.2, 0.25) is 0 Å². The van der Waals surface area contributed by atoms with Gasteiger partial charge in [0.25, 0.3) is 0 Å². The lowest BCUT2D eigenvalue weighted by atomic mass is 9.97. The Kier molecular flexibility index (Phi) is 16.6. The molecule has 0 unspecified atom stereocenters. The summed E-state index contributed by atoms with van der Waals surface area (Å²) in [5.74, 6) is 0.693. The predicted octanol–water partition coefficient (Wildman–Crippen LogP) is 5.54. The summed E-state index contributed by atoms with van der Waals surface area (Å²) in [5.41, 5.74) is 1.34. The first-order valence-electron chi connectivity index (χ1n) is 7.28. The van der Waals surface area contributed by atoms with Gasteiger partial charge in [-0.3, -0.25) is 5.10 Å². The Morgan fingerprint density at radius 1 is 1.06 bits per heavy atom. The van der Waals surface area contributed by atoms with Crippen molar-refractivity contribution in [1.82, 2.24) is 10.2 Å². The minimum absolute atomic E-state index is 0.693. The molecule has 0 saturated heterocycles. The van der Waals surface area contributed by atoms with Gasteiger partial charge in [-0.05, 0) is 24.3 Å². The van der Waals surface area contributed by atoms with E-state index in [1.165, 1.54) is 37.7 Å². The number of hydrogen-bond donors (Lipinski definition) is 1. The van der Waals surface area contributed by atoms with Crippen LogP contribution in [0.1, 0.15) is 85.1 Å². The third-order valence-corrected chi connectivity index (χ3v) is 2.68. The molecule has 1 rings (SSSR count). The number of aromatic nitrogens is 2. The highest BCUT2D eigenvalue weighted by atomic mass is 15.1. The highest BCUT2D eigenvalue weighted by Gasteiger charge is 2.05. The second kappa shape index (κ2) is 15.2. The maximum absolute atomic E-state index is 3.91. The van der Waals surface area contributed by atoms with Crippen LogP contribution in [0.4, 0.5) is 0 Å². The smallest absolute Gasteiger partial charge is 0.0522 e. The van der Waals surface area contributed by atoms with E-state index in [0.29, 0.717) is 5.92 Å². The van der Waals surface area contributed by atoms with Gasteiger partial charge in [0.1, 0.15) is 0 Å². The molecule has 0 saturated carbocycles. The molecule has 2 nitrogen and oxygen atoms in total. The highest BCUT2D eigenvalue weighted by molar-refractivity contribution is 5.09. The molecule has 1 aromatic heterocycles. The van der Waals surface area contributed by atoms with Gasteiger partial charge in [0, 0.05) is 6.20 Å². The van der Waals surface area contributed by atoms with Crippen molar-refractivity contribution >= 4 is 0 Å². The van der Waals surface area contributed by atoms with Crippen LogP contribution in [0.15, 0.2) is 12.4 Å². The molecule has 0 aromatic carbocycles. The molecule has 0 atom stereocenters. The van der Waals surface area contributed by atoms with E-state index in [2.05, 4.69) is 37.9 Å². The lowest BCUT2D eigenvalue weighted by Crippen LogP contribution is -1.91. The fraction of sp³-hybridized carbons (Fsp3) is 0.800. The molecular weight excluding hydrogens is 208 g/mol. The summed E-state index contributed by atoms with van der Waals surface area (Å²) in [6.45, 7) is 12.8. The van der Waals surface area contributed by atoms with E-state index in [9.17, 15) is 0 Å². The number of nitrogens with one attached hydrogen (secondary N) is 1. The second-order valence-corrected chi connectivity index (χ2v) is 3.90. The maximum Gasteiger partial charge on any atom is 0.0522 e. The molecule has 0 aliphatic carbocycles. The Morgan fingerprint density at radius 3 is 1.82 bits per heavy atom. The maximum atomic E-state index is 3.91. The van der Waals surface area contributed by atoms with Crippen LogP contribution in [-0.4, -0.2) is 10.2 Å². The van der Waals surface area contributed by atoms with Crippen LogP contribution in [0.25, 0.3) is 0 Å². The first-order valence-corrected chi connectivity index (χ1v) is 7.28. The van der Waals surface area contributed by atoms with Crippen molar-refractivity contribution in [3.8, 4) is 0 Å². The summed E-state index contributed by atoms with van der Waals surface area (Å²) in [6.07, 6.45) is 10.4. The summed E-state index contributed by atoms with van der Waals surface area (Å²) in [6, 6.07) is 0. The Balaban J connectivity index is 0. The summed E-state index contributed by atoms with van der Waals surface area (Å²) in [7, 11) is 0. The molecule has 0 aliphatic rings. The minimum Gasteiger partial charge on any atom is -0.285 e. The van der Waals surface area contributed by atoms with E-state index in [1.54, 1.807) is 0 Å². The number of nitrogens with zero attached hydrogens (tertiary/aromatic N) is 1. The Hall–Kier alpha value is -0.790. The average molecular weight is 240 g/mol. The van der Waals surface area contributed by atoms with Gasteiger partial charge < -0.3 is 0 Å². The monoisotopic (exact) mass is 240 g/mol. The first-order chi connectivity index (χ1) is 8.29. The van der Waals surface area contributed by atoms with Crippen LogP contribution in [0.5, 0.6) is 0 Å². The Morgan fingerprint density at radius 2 is 1.59 bits per heavy atom. The highest BCUT2D eigenvalue weighted by Crippen LogP contribution is 2.20. The number of H-pyrrole nitrogens is 1. The van der Waals surface area contributed by atoms with Gasteiger partial charge in [0.05, 0.1) is 6.20 Å². The number of unbranched alkanes of at least 4 members (excludes halogenated alkanes) is 2. The second-order valence-electron chi connectivity index (χ2n) is 3.90. The molecule has 0 radical (unpaired) electrons. The van der Waals surface area contributed by atoms with Crippen LogP contribution >= 0.6 is 0 Å². The molecule has 0 spiro atoms. The standard InChI is InChI=1S/C8H14N2.C5H12.C2H6/c1-3-7(4-2)8-5-9-10-6-8;1-3-5-4-2;1-2/h5-7H,3-4H2,1-2H3,(H,9,10);3-5H2,1-2H3;1-2H3. The normalized spacial score (nSPS) is 9.12. The van der Waals surface area contributed by atoms with Crippen LogP contribution in [-0.2, 0) is 0 Å². The zero-order valence-electron chi connectivity index (χ0n) is 12.7. The van der Waals surface area contributed by atoms with Gasteiger partial charge in [0.15, 0.2) is 0 Å². The summed E-state index contributed by atoms with van der Waals surface area (Å²) < 4.78 is 0. The summed E-state index contributed by atoms with van der Waals surface area (Å²) >= 11 is 0. The Labute approximate surface area is 108 Å². The minimum atomic E-state index is 0.693. The topological polar surface area (TPSA) is 28.7 Å². The third kappa shape index (κ3) is 10.1. The lowest BCUT2D eigenvalue weighted by molar-refractivity contribution is 0.642. The predicted molar refractivity (Wildman–Crippen MR) is 78.5 cm³/mol. The Bertz CT molecular complexity index is 199. The van der Waals surface area contributed by atoms with Crippen molar-refractivity contribution in [3.05, 3.63) is 18.0 Å². The van der Waals surface area contributed by atoms with Gasteiger partial charge in [-0.2, -0.15) is 5.10 Å². The van der Waals surface area contributed by atoms with Crippen LogP contribution in [0, 0.1) is 0 Å². The fourth-order valence-corrected chi connectivity index (χ4v) is 1.60. The summed E-state index contributed by atoms with van der Waals surface area (Å²) in [5, 5.41) is 6.74. The van der Waals surface area contributed by atoms with E-state index >= 15 is 0 Å². The van der Waals surface area contributed by atoms with Gasteiger partial charge in [-0.25, -0.2) is 0 Å². The number of hydrogen-bond acceptors (Lipinski definition) is 1. The van der Waals surface area contributed by atoms with E-state index in [-0.39, 0.29) is 0 Å². The first kappa shape index (κ1) is 18.6. The molecule has 0 aliphatic heterocycles. The number of rotatable bonds is 5. The largest absolute Gasteiger partial charge is 0.285 e. The van der Waals surface area contributed by atoms with Crippen LogP contribution in [0.3, 0.4) is 0 Å². The quantitative estimate of drug-likeness (QED) is 0.719. The molecular formula is C15H32N2. The molecule has 17 heavy (non-hydrogen) atoms. The lowest BCUT2D eigenvalue weighted by Gasteiger charge is -2.07. The fourth-order valence-electron chi connectivity index (χ4n) is 1.60. The van der Waals surface area contributed by atoms with E-state index in [0.717, 1.165) is 0 Å². The van der Waals surface area contributed by atoms with Crippen molar-refractivity contribution in [2.75, 3.05) is 0 Å².